The molecule has 0 spiro atoms. The second kappa shape index (κ2) is 8.93. The Labute approximate surface area is 139 Å². The summed E-state index contributed by atoms with van der Waals surface area (Å²) in [4.78, 5) is 24.1. The van der Waals surface area contributed by atoms with Gasteiger partial charge in [-0.2, -0.15) is 0 Å². The Hall–Kier alpha value is -1.36. The predicted molar refractivity (Wildman–Crippen MR) is 88.9 cm³/mol. The highest BCUT2D eigenvalue weighted by Gasteiger charge is 2.30. The molecule has 1 fully saturated rings. The summed E-state index contributed by atoms with van der Waals surface area (Å²) >= 11 is 3.21. The van der Waals surface area contributed by atoms with Crippen molar-refractivity contribution in [3.8, 4) is 0 Å². The molecule has 1 aromatic carbocycles. The van der Waals surface area contributed by atoms with Crippen molar-refractivity contribution < 1.29 is 14.3 Å². The van der Waals surface area contributed by atoms with Crippen LogP contribution in [0.25, 0.3) is 0 Å². The molecule has 1 aliphatic rings. The topological polar surface area (TPSA) is 55.4 Å². The fourth-order valence-corrected chi connectivity index (χ4v) is 3.25. The van der Waals surface area contributed by atoms with Crippen molar-refractivity contribution in [2.75, 3.05) is 5.33 Å². The zero-order chi connectivity index (χ0) is 15.8. The number of rotatable bonds is 6. The van der Waals surface area contributed by atoms with Gasteiger partial charge in [0, 0.05) is 0 Å². The highest BCUT2D eigenvalue weighted by Crippen LogP contribution is 2.27. The number of ether oxygens (including phenoxy) is 1. The number of halogens is 1. The van der Waals surface area contributed by atoms with Crippen molar-refractivity contribution in [2.45, 2.75) is 44.8 Å². The first-order valence-corrected chi connectivity index (χ1v) is 8.88. The predicted octanol–water partition coefficient (Wildman–Crippen LogP) is 3.83. The normalized spacial score (nSPS) is 16.8. The molecule has 0 unspecified atom stereocenters. The monoisotopic (exact) mass is 367 g/mol. The van der Waals surface area contributed by atoms with Crippen LogP contribution < -0.4 is 5.32 Å². The van der Waals surface area contributed by atoms with Gasteiger partial charge in [-0.05, 0) is 24.3 Å². The van der Waals surface area contributed by atoms with E-state index >= 15 is 0 Å². The first-order chi connectivity index (χ1) is 10.7. The maximum absolute atomic E-state index is 12.1. The van der Waals surface area contributed by atoms with Gasteiger partial charge >= 0.3 is 6.09 Å². The number of nitrogens with one attached hydrogen (secondary N) is 1. The third kappa shape index (κ3) is 5.13. The molecule has 0 saturated heterocycles. The van der Waals surface area contributed by atoms with Gasteiger partial charge < -0.3 is 10.1 Å². The van der Waals surface area contributed by atoms with Crippen molar-refractivity contribution >= 4 is 27.8 Å². The quantitative estimate of drug-likeness (QED) is 0.777. The smallest absolute Gasteiger partial charge is 0.408 e. The Balaban J connectivity index is 1.88. The van der Waals surface area contributed by atoms with Crippen LogP contribution in [-0.2, 0) is 16.1 Å². The number of alkyl carbamates (subject to hydrolysis) is 1. The molecular weight excluding hydrogens is 346 g/mol. The summed E-state index contributed by atoms with van der Waals surface area (Å²) in [6, 6.07) is 9.07. The number of carbonyl (C=O) groups excluding carboxylic acids is 2. The molecule has 120 valence electrons. The molecule has 22 heavy (non-hydrogen) atoms. The van der Waals surface area contributed by atoms with Crippen molar-refractivity contribution in [2.24, 2.45) is 5.92 Å². The Morgan fingerprint density at radius 1 is 1.18 bits per heavy atom. The van der Waals surface area contributed by atoms with Gasteiger partial charge in [0.1, 0.15) is 6.61 Å². The van der Waals surface area contributed by atoms with Gasteiger partial charge in [0.05, 0.1) is 11.4 Å². The van der Waals surface area contributed by atoms with Crippen LogP contribution in [0.5, 0.6) is 0 Å². The van der Waals surface area contributed by atoms with E-state index in [-0.39, 0.29) is 23.6 Å². The second-order valence-corrected chi connectivity index (χ2v) is 6.24. The lowest BCUT2D eigenvalue weighted by Gasteiger charge is -2.29. The number of amides is 1. The van der Waals surface area contributed by atoms with E-state index in [1.807, 2.05) is 30.3 Å². The molecule has 0 aromatic heterocycles. The summed E-state index contributed by atoms with van der Waals surface area (Å²) in [5.74, 6) is 0.242. The average molecular weight is 368 g/mol. The number of ketones is 1. The van der Waals surface area contributed by atoms with E-state index in [2.05, 4.69) is 21.2 Å². The maximum atomic E-state index is 12.1. The Kier molecular flexibility index (Phi) is 6.90. The molecule has 1 aromatic rings. The zero-order valence-corrected chi connectivity index (χ0v) is 14.2. The molecule has 5 heteroatoms. The van der Waals surface area contributed by atoms with Crippen LogP contribution in [0.15, 0.2) is 30.3 Å². The first kappa shape index (κ1) is 17.0. The summed E-state index contributed by atoms with van der Waals surface area (Å²) < 4.78 is 5.23. The third-order valence-corrected chi connectivity index (χ3v) is 4.64. The standard InChI is InChI=1S/C17H22BrNO3/c18-11-15(20)16(14-9-5-2-6-10-14)19-17(21)22-12-13-7-3-1-4-8-13/h1,3-4,7-8,14,16H,2,5-6,9-12H2,(H,19,21)/t16-/m0/s1. The number of benzene rings is 1. The van der Waals surface area contributed by atoms with Crippen LogP contribution in [0, 0.1) is 5.92 Å². The lowest BCUT2D eigenvalue weighted by molar-refractivity contribution is -0.119. The van der Waals surface area contributed by atoms with Gasteiger partial charge in [-0.25, -0.2) is 4.79 Å². The molecular formula is C17H22BrNO3. The Bertz CT molecular complexity index is 486. The molecule has 0 heterocycles. The van der Waals surface area contributed by atoms with E-state index in [1.165, 1.54) is 6.42 Å². The minimum atomic E-state index is -0.520. The van der Waals surface area contributed by atoms with E-state index in [0.717, 1.165) is 31.2 Å². The van der Waals surface area contributed by atoms with Crippen molar-refractivity contribution in [1.29, 1.82) is 0 Å². The summed E-state index contributed by atoms with van der Waals surface area (Å²) in [5, 5.41) is 3.02. The van der Waals surface area contributed by atoms with E-state index in [0.29, 0.717) is 0 Å². The van der Waals surface area contributed by atoms with E-state index in [4.69, 9.17) is 4.74 Å². The fraction of sp³-hybridized carbons (Fsp3) is 0.529. The summed E-state index contributed by atoms with van der Waals surface area (Å²) in [6.45, 7) is 0.215. The Morgan fingerprint density at radius 2 is 1.86 bits per heavy atom. The molecule has 1 N–H and O–H groups in total. The highest BCUT2D eigenvalue weighted by molar-refractivity contribution is 9.09. The van der Waals surface area contributed by atoms with Gasteiger partial charge in [-0.1, -0.05) is 65.5 Å². The molecule has 0 aliphatic heterocycles. The van der Waals surface area contributed by atoms with E-state index in [1.54, 1.807) is 0 Å². The molecule has 4 nitrogen and oxygen atoms in total. The number of alkyl halides is 1. The number of carbonyl (C=O) groups is 2. The van der Waals surface area contributed by atoms with Gasteiger partial charge in [-0.3, -0.25) is 4.79 Å². The third-order valence-electron chi connectivity index (χ3n) is 4.09. The minimum absolute atomic E-state index is 0.0172. The number of hydrogen-bond donors (Lipinski definition) is 1. The zero-order valence-electron chi connectivity index (χ0n) is 12.6. The highest BCUT2D eigenvalue weighted by atomic mass is 79.9. The maximum Gasteiger partial charge on any atom is 0.408 e. The van der Waals surface area contributed by atoms with Gasteiger partial charge in [0.25, 0.3) is 0 Å². The molecule has 2 rings (SSSR count). The number of Topliss-reactive ketones (excluding diaryl/α,β-unsaturated/α-hetero) is 1. The molecule has 1 amide bonds. The molecule has 1 saturated carbocycles. The van der Waals surface area contributed by atoms with Crippen LogP contribution in [0.3, 0.4) is 0 Å². The molecule has 0 radical (unpaired) electrons. The van der Waals surface area contributed by atoms with Crippen molar-refractivity contribution in [1.82, 2.24) is 5.32 Å². The molecule has 1 aliphatic carbocycles. The average Bonchev–Trinajstić information content (AvgIpc) is 2.59. The van der Waals surface area contributed by atoms with Crippen LogP contribution in [0.2, 0.25) is 0 Å². The SMILES string of the molecule is O=C(N[C@H](C(=O)CBr)C1CCCCC1)OCc1ccccc1. The molecule has 0 bridgehead atoms. The van der Waals surface area contributed by atoms with Gasteiger partial charge in [-0.15, -0.1) is 0 Å². The Morgan fingerprint density at radius 3 is 2.50 bits per heavy atom. The van der Waals surface area contributed by atoms with E-state index in [9.17, 15) is 9.59 Å². The second-order valence-electron chi connectivity index (χ2n) is 5.68. The van der Waals surface area contributed by atoms with Gasteiger partial charge in [0.2, 0.25) is 0 Å². The summed E-state index contributed by atoms with van der Waals surface area (Å²) in [6.07, 6.45) is 4.91. The summed E-state index contributed by atoms with van der Waals surface area (Å²) in [5.41, 5.74) is 0.929. The van der Waals surface area contributed by atoms with E-state index < -0.39 is 12.1 Å². The van der Waals surface area contributed by atoms with Crippen LogP contribution in [-0.4, -0.2) is 23.2 Å². The van der Waals surface area contributed by atoms with Crippen molar-refractivity contribution in [3.63, 3.8) is 0 Å². The van der Waals surface area contributed by atoms with Gasteiger partial charge in [0.15, 0.2) is 5.78 Å². The lowest BCUT2D eigenvalue weighted by Crippen LogP contribution is -2.47. The van der Waals surface area contributed by atoms with Crippen LogP contribution >= 0.6 is 15.9 Å². The van der Waals surface area contributed by atoms with Crippen molar-refractivity contribution in [3.05, 3.63) is 35.9 Å². The first-order valence-electron chi connectivity index (χ1n) is 7.76. The van der Waals surface area contributed by atoms with Crippen LogP contribution in [0.1, 0.15) is 37.7 Å². The van der Waals surface area contributed by atoms with Crippen LogP contribution in [0.4, 0.5) is 4.79 Å². The minimum Gasteiger partial charge on any atom is -0.445 e. The number of hydrogen-bond acceptors (Lipinski definition) is 3. The summed E-state index contributed by atoms with van der Waals surface area (Å²) in [7, 11) is 0. The largest absolute Gasteiger partial charge is 0.445 e. The fourth-order valence-electron chi connectivity index (χ4n) is 2.90. The molecule has 1 atom stereocenters. The lowest BCUT2D eigenvalue weighted by atomic mass is 9.82.